The van der Waals surface area contributed by atoms with E-state index < -0.39 is 0 Å². The van der Waals surface area contributed by atoms with E-state index in [1.54, 1.807) is 24.5 Å². The lowest BCUT2D eigenvalue weighted by Gasteiger charge is -2.35. The highest BCUT2D eigenvalue weighted by molar-refractivity contribution is 9.10. The van der Waals surface area contributed by atoms with Gasteiger partial charge in [-0.1, -0.05) is 27.5 Å². The molecule has 0 unspecified atom stereocenters. The molecule has 142 valence electrons. The zero-order valence-corrected chi connectivity index (χ0v) is 17.3. The minimum absolute atomic E-state index is 0.0509. The normalized spacial score (nSPS) is 14.2. The monoisotopic (exact) mass is 457 g/mol. The van der Waals surface area contributed by atoms with Crippen molar-refractivity contribution >= 4 is 39.3 Å². The predicted octanol–water partition coefficient (Wildman–Crippen LogP) is 3.92. The van der Waals surface area contributed by atoms with Crippen molar-refractivity contribution in [2.75, 3.05) is 31.1 Å². The number of halogens is 2. The lowest BCUT2D eigenvalue weighted by molar-refractivity contribution is 0.0746. The first-order chi connectivity index (χ1) is 13.6. The van der Waals surface area contributed by atoms with Crippen molar-refractivity contribution in [2.45, 2.75) is 0 Å². The van der Waals surface area contributed by atoms with Gasteiger partial charge in [0, 0.05) is 48.6 Å². The molecule has 0 bridgehead atoms. The number of nitrogens with zero attached hydrogens (tertiary/aromatic N) is 5. The zero-order chi connectivity index (χ0) is 19.5. The molecular weight excluding hydrogens is 442 g/mol. The quantitative estimate of drug-likeness (QED) is 0.595. The fraction of sp³-hybridized carbons (Fsp3) is 0.200. The van der Waals surface area contributed by atoms with Crippen LogP contribution in [0.2, 0.25) is 5.02 Å². The number of hydrogen-bond donors (Lipinski definition) is 0. The van der Waals surface area contributed by atoms with Crippen LogP contribution in [0.3, 0.4) is 0 Å². The highest BCUT2D eigenvalue weighted by Gasteiger charge is 2.24. The molecule has 1 fully saturated rings. The van der Waals surface area contributed by atoms with E-state index in [-0.39, 0.29) is 5.91 Å². The van der Waals surface area contributed by atoms with Crippen molar-refractivity contribution in [1.82, 2.24) is 20.1 Å². The van der Waals surface area contributed by atoms with Gasteiger partial charge >= 0.3 is 0 Å². The number of pyridine rings is 1. The van der Waals surface area contributed by atoms with Crippen LogP contribution in [0.5, 0.6) is 0 Å². The van der Waals surface area contributed by atoms with Crippen LogP contribution in [0.15, 0.2) is 59.3 Å². The van der Waals surface area contributed by atoms with Crippen LogP contribution in [0.4, 0.5) is 5.82 Å². The molecule has 1 saturated heterocycles. The molecule has 4 rings (SSSR count). The number of anilines is 1. The second kappa shape index (κ2) is 8.24. The van der Waals surface area contributed by atoms with Crippen molar-refractivity contribution in [3.05, 3.63) is 69.9 Å². The lowest BCUT2D eigenvalue weighted by atomic mass is 10.1. The molecule has 0 spiro atoms. The lowest BCUT2D eigenvalue weighted by Crippen LogP contribution is -2.49. The fourth-order valence-electron chi connectivity index (χ4n) is 3.14. The summed E-state index contributed by atoms with van der Waals surface area (Å²) < 4.78 is 0.837. The Labute approximate surface area is 176 Å². The van der Waals surface area contributed by atoms with Crippen molar-refractivity contribution < 1.29 is 4.79 Å². The molecule has 1 aliphatic heterocycles. The summed E-state index contributed by atoms with van der Waals surface area (Å²) in [4.78, 5) is 20.8. The number of carbonyl (C=O) groups is 1. The summed E-state index contributed by atoms with van der Waals surface area (Å²) >= 11 is 9.59. The molecule has 8 heteroatoms. The molecule has 2 aromatic heterocycles. The Kier molecular flexibility index (Phi) is 5.54. The summed E-state index contributed by atoms with van der Waals surface area (Å²) in [6.45, 7) is 2.60. The summed E-state index contributed by atoms with van der Waals surface area (Å²) in [5.74, 6) is 0.760. The largest absolute Gasteiger partial charge is 0.352 e. The molecular formula is C20H17BrClN5O. The molecule has 3 heterocycles. The second-order valence-electron chi connectivity index (χ2n) is 6.42. The van der Waals surface area contributed by atoms with Gasteiger partial charge in [-0.3, -0.25) is 9.78 Å². The molecule has 0 radical (unpaired) electrons. The Bertz CT molecular complexity index is 976. The van der Waals surface area contributed by atoms with Gasteiger partial charge < -0.3 is 9.80 Å². The van der Waals surface area contributed by atoms with Crippen molar-refractivity contribution in [1.29, 1.82) is 0 Å². The van der Waals surface area contributed by atoms with E-state index in [2.05, 4.69) is 36.0 Å². The summed E-state index contributed by atoms with van der Waals surface area (Å²) in [5.41, 5.74) is 2.31. The van der Waals surface area contributed by atoms with Crippen molar-refractivity contribution in [3.8, 4) is 11.3 Å². The number of rotatable bonds is 3. The van der Waals surface area contributed by atoms with Crippen LogP contribution in [-0.4, -0.2) is 52.2 Å². The van der Waals surface area contributed by atoms with Crippen molar-refractivity contribution in [2.24, 2.45) is 0 Å². The van der Waals surface area contributed by atoms with Gasteiger partial charge in [0.15, 0.2) is 5.82 Å². The number of amides is 1. The highest BCUT2D eigenvalue weighted by atomic mass is 79.9. The first kappa shape index (κ1) is 18.8. The maximum absolute atomic E-state index is 12.8. The van der Waals surface area contributed by atoms with Crippen LogP contribution < -0.4 is 4.90 Å². The van der Waals surface area contributed by atoms with Gasteiger partial charge in [0.1, 0.15) is 0 Å². The van der Waals surface area contributed by atoms with E-state index in [1.807, 2.05) is 35.2 Å². The van der Waals surface area contributed by atoms with E-state index in [9.17, 15) is 4.79 Å². The smallest absolute Gasteiger partial charge is 0.255 e. The number of benzene rings is 1. The number of piperazine rings is 1. The minimum atomic E-state index is -0.0509. The first-order valence-electron chi connectivity index (χ1n) is 8.85. The van der Waals surface area contributed by atoms with E-state index in [0.29, 0.717) is 36.8 Å². The molecule has 1 aromatic carbocycles. The van der Waals surface area contributed by atoms with E-state index in [0.717, 1.165) is 21.5 Å². The van der Waals surface area contributed by atoms with Gasteiger partial charge in [0.2, 0.25) is 0 Å². The summed E-state index contributed by atoms with van der Waals surface area (Å²) in [5, 5.41) is 9.15. The molecule has 1 amide bonds. The molecule has 3 aromatic rings. The highest BCUT2D eigenvalue weighted by Crippen LogP contribution is 2.24. The Morgan fingerprint density at radius 3 is 2.39 bits per heavy atom. The average Bonchev–Trinajstić information content (AvgIpc) is 2.76. The molecule has 1 aliphatic rings. The second-order valence-corrected chi connectivity index (χ2v) is 7.74. The van der Waals surface area contributed by atoms with Crippen LogP contribution in [0.25, 0.3) is 11.3 Å². The SMILES string of the molecule is O=C(c1cc(Br)ccc1Cl)N1CCN(c2ccc(-c3ccncc3)nn2)CC1. The third kappa shape index (κ3) is 4.00. The third-order valence-corrected chi connectivity index (χ3v) is 5.50. The Hall–Kier alpha value is -2.51. The standard InChI is InChI=1S/C20H17BrClN5O/c21-15-1-2-17(22)16(13-15)20(28)27-11-9-26(10-12-27)19-4-3-18(24-25-19)14-5-7-23-8-6-14/h1-8,13H,9-12H2. The molecule has 28 heavy (non-hydrogen) atoms. The molecule has 0 aliphatic carbocycles. The zero-order valence-electron chi connectivity index (χ0n) is 14.9. The van der Waals surface area contributed by atoms with Gasteiger partial charge in [-0.05, 0) is 42.5 Å². The van der Waals surface area contributed by atoms with Gasteiger partial charge in [0.05, 0.1) is 16.3 Å². The van der Waals surface area contributed by atoms with Gasteiger partial charge in [-0.2, -0.15) is 0 Å². The van der Waals surface area contributed by atoms with Crippen molar-refractivity contribution in [3.63, 3.8) is 0 Å². The van der Waals surface area contributed by atoms with Gasteiger partial charge in [0.25, 0.3) is 5.91 Å². The number of carbonyl (C=O) groups excluding carboxylic acids is 1. The fourth-order valence-corrected chi connectivity index (χ4v) is 3.70. The first-order valence-corrected chi connectivity index (χ1v) is 10.0. The summed E-state index contributed by atoms with van der Waals surface area (Å²) in [6.07, 6.45) is 3.47. The number of aromatic nitrogens is 3. The Balaban J connectivity index is 1.41. The van der Waals surface area contributed by atoms with E-state index >= 15 is 0 Å². The maximum atomic E-state index is 12.8. The molecule has 0 N–H and O–H groups in total. The minimum Gasteiger partial charge on any atom is -0.352 e. The average molecular weight is 459 g/mol. The van der Waals surface area contributed by atoms with Gasteiger partial charge in [-0.25, -0.2) is 0 Å². The summed E-state index contributed by atoms with van der Waals surface area (Å²) in [6, 6.07) is 13.0. The Morgan fingerprint density at radius 2 is 1.71 bits per heavy atom. The van der Waals surface area contributed by atoms with Crippen LogP contribution in [0, 0.1) is 0 Å². The number of hydrogen-bond acceptors (Lipinski definition) is 5. The Morgan fingerprint density at radius 1 is 0.964 bits per heavy atom. The predicted molar refractivity (Wildman–Crippen MR) is 113 cm³/mol. The van der Waals surface area contributed by atoms with E-state index in [4.69, 9.17) is 11.6 Å². The maximum Gasteiger partial charge on any atom is 0.255 e. The van der Waals surface area contributed by atoms with Gasteiger partial charge in [-0.15, -0.1) is 10.2 Å². The van der Waals surface area contributed by atoms with Crippen LogP contribution >= 0.6 is 27.5 Å². The molecule has 0 saturated carbocycles. The topological polar surface area (TPSA) is 62.2 Å². The van der Waals surface area contributed by atoms with Crippen LogP contribution in [0.1, 0.15) is 10.4 Å². The van der Waals surface area contributed by atoms with E-state index in [1.165, 1.54) is 0 Å². The molecule has 6 nitrogen and oxygen atoms in total. The third-order valence-electron chi connectivity index (χ3n) is 4.68. The molecule has 0 atom stereocenters. The van der Waals surface area contributed by atoms with Crippen LogP contribution in [-0.2, 0) is 0 Å². The summed E-state index contributed by atoms with van der Waals surface area (Å²) in [7, 11) is 0.